The molecule has 0 aliphatic carbocycles. The van der Waals surface area contributed by atoms with Gasteiger partial charge in [-0.05, 0) is 12.1 Å². The zero-order chi connectivity index (χ0) is 15.2. The maximum absolute atomic E-state index is 10.2. The van der Waals surface area contributed by atoms with E-state index in [9.17, 15) is 4.79 Å². The fraction of sp³-hybridized carbons (Fsp3) is 0.588. The van der Waals surface area contributed by atoms with E-state index in [1.165, 1.54) is 38.5 Å². The number of carboxylic acid groups (broad SMARTS) is 1. The summed E-state index contributed by atoms with van der Waals surface area (Å²) in [6, 6.07) is 8.30. The number of aromatic carboxylic acids is 1. The standard InChI is InChI=1S/C8H17.C7H6O2.2CH3.Sn.H/c1-3-5-7-8-6-4-2;8-7(9)6-4-2-1-3-5-6;;;;/h1,3-8H2,2H3;1-5H,(H,8,9);2*1H3;;. The molecule has 0 bridgehead atoms. The normalized spacial score (nSPS) is 10.0. The van der Waals surface area contributed by atoms with E-state index >= 15 is 0 Å². The Morgan fingerprint density at radius 2 is 1.55 bits per heavy atom. The van der Waals surface area contributed by atoms with Crippen molar-refractivity contribution in [3.63, 3.8) is 0 Å². The third kappa shape index (κ3) is 12.5. The van der Waals surface area contributed by atoms with E-state index in [-0.39, 0.29) is 0 Å². The molecular weight excluding hydrogens is 355 g/mol. The third-order valence-electron chi connectivity index (χ3n) is 3.16. The van der Waals surface area contributed by atoms with Crippen LogP contribution in [0.2, 0.25) is 14.3 Å². The predicted octanol–water partition coefficient (Wildman–Crippen LogP) is 5.22. The van der Waals surface area contributed by atoms with Gasteiger partial charge < -0.3 is 5.11 Å². The molecule has 1 N–H and O–H groups in total. The third-order valence-corrected chi connectivity index (χ3v) is 7.62. The molecule has 0 saturated carbocycles. The van der Waals surface area contributed by atoms with Crippen LogP contribution in [0.4, 0.5) is 0 Å². The molecule has 0 amide bonds. The number of hydrogen-bond acceptors (Lipinski definition) is 1. The van der Waals surface area contributed by atoms with Crippen molar-refractivity contribution in [2.45, 2.75) is 59.8 Å². The molecule has 1 aromatic carbocycles. The van der Waals surface area contributed by atoms with Crippen LogP contribution in [0.15, 0.2) is 30.3 Å². The molecule has 0 fully saturated rings. The first-order valence-corrected chi connectivity index (χ1v) is 16.8. The van der Waals surface area contributed by atoms with Crippen molar-refractivity contribution in [2.75, 3.05) is 0 Å². The van der Waals surface area contributed by atoms with Gasteiger partial charge in [-0.1, -0.05) is 18.2 Å². The maximum atomic E-state index is 10.2. The molecule has 0 radical (unpaired) electrons. The van der Waals surface area contributed by atoms with E-state index in [4.69, 9.17) is 5.11 Å². The van der Waals surface area contributed by atoms with Gasteiger partial charge in [-0.25, -0.2) is 4.79 Å². The number of unbranched alkanes of at least 4 members (excludes halogenated alkanes) is 5. The molecule has 0 saturated heterocycles. The van der Waals surface area contributed by atoms with E-state index in [1.807, 2.05) is 0 Å². The fourth-order valence-electron chi connectivity index (χ4n) is 1.91. The summed E-state index contributed by atoms with van der Waals surface area (Å²) in [6.45, 7) is 2.28. The Morgan fingerprint density at radius 3 is 2.00 bits per heavy atom. The molecule has 0 heterocycles. The van der Waals surface area contributed by atoms with Gasteiger partial charge in [0.1, 0.15) is 0 Å². The molecule has 0 spiro atoms. The SMILES string of the molecule is CCCCCCC[CH2][SnH]([CH3])[CH3].O=C(O)c1ccccc1. The summed E-state index contributed by atoms with van der Waals surface area (Å²) in [6.07, 6.45) is 8.84. The molecule has 1 aromatic rings. The zero-order valence-electron chi connectivity index (χ0n) is 13.3. The Bertz CT molecular complexity index is 336. The minimum absolute atomic E-state index is 0.331. The van der Waals surface area contributed by atoms with Crippen molar-refractivity contribution in [3.05, 3.63) is 35.9 Å². The van der Waals surface area contributed by atoms with Crippen LogP contribution in [-0.4, -0.2) is 30.8 Å². The molecule has 0 aliphatic rings. The number of carboxylic acids is 1. The average Bonchev–Trinajstić information content (AvgIpc) is 2.44. The van der Waals surface area contributed by atoms with Crippen LogP contribution in [0.5, 0.6) is 0 Å². The molecule has 0 unspecified atom stereocenters. The van der Waals surface area contributed by atoms with E-state index < -0.39 is 25.7 Å². The van der Waals surface area contributed by atoms with E-state index in [1.54, 1.807) is 34.8 Å². The summed E-state index contributed by atoms with van der Waals surface area (Å²) in [5, 5.41) is 8.38. The number of hydrogen-bond donors (Lipinski definition) is 1. The van der Waals surface area contributed by atoms with Gasteiger partial charge >= 0.3 is 85.5 Å². The summed E-state index contributed by atoms with van der Waals surface area (Å²) >= 11 is -0.810. The average molecular weight is 385 g/mol. The fourth-order valence-corrected chi connectivity index (χ4v) is 5.07. The molecule has 0 aliphatic heterocycles. The Balaban J connectivity index is 0.000000367. The van der Waals surface area contributed by atoms with E-state index in [0.29, 0.717) is 5.56 Å². The van der Waals surface area contributed by atoms with Crippen molar-refractivity contribution in [1.29, 1.82) is 0 Å². The monoisotopic (exact) mass is 386 g/mol. The largest absolute Gasteiger partial charge is 0.478 e. The van der Waals surface area contributed by atoms with Gasteiger partial charge in [0.25, 0.3) is 0 Å². The Labute approximate surface area is 131 Å². The Hall–Kier alpha value is -0.511. The van der Waals surface area contributed by atoms with Crippen molar-refractivity contribution in [2.24, 2.45) is 0 Å². The molecular formula is C17H30O2Sn. The molecule has 3 heteroatoms. The van der Waals surface area contributed by atoms with Crippen molar-refractivity contribution in [1.82, 2.24) is 0 Å². The molecule has 2 nitrogen and oxygen atoms in total. The van der Waals surface area contributed by atoms with Crippen molar-refractivity contribution in [3.8, 4) is 0 Å². The molecule has 20 heavy (non-hydrogen) atoms. The molecule has 1 rings (SSSR count). The van der Waals surface area contributed by atoms with Gasteiger partial charge in [-0.15, -0.1) is 0 Å². The second-order valence-electron chi connectivity index (χ2n) is 5.62. The van der Waals surface area contributed by atoms with Gasteiger partial charge in [0.05, 0.1) is 5.56 Å². The Kier molecular flexibility index (Phi) is 13.1. The van der Waals surface area contributed by atoms with Crippen molar-refractivity contribution >= 4 is 25.7 Å². The zero-order valence-corrected chi connectivity index (χ0v) is 16.6. The van der Waals surface area contributed by atoms with Crippen LogP contribution in [0.25, 0.3) is 0 Å². The van der Waals surface area contributed by atoms with Crippen LogP contribution < -0.4 is 0 Å². The summed E-state index contributed by atoms with van der Waals surface area (Å²) in [5.41, 5.74) is 0.331. The summed E-state index contributed by atoms with van der Waals surface area (Å²) in [5.74, 6) is -0.879. The first-order chi connectivity index (χ1) is 9.57. The van der Waals surface area contributed by atoms with Gasteiger partial charge in [0.15, 0.2) is 0 Å². The van der Waals surface area contributed by atoms with Gasteiger partial charge in [-0.3, -0.25) is 0 Å². The van der Waals surface area contributed by atoms with E-state index in [2.05, 4.69) is 16.8 Å². The summed E-state index contributed by atoms with van der Waals surface area (Å²) in [4.78, 5) is 15.2. The van der Waals surface area contributed by atoms with Gasteiger partial charge in [0.2, 0.25) is 0 Å². The van der Waals surface area contributed by atoms with Gasteiger partial charge in [0, 0.05) is 0 Å². The quantitative estimate of drug-likeness (QED) is 0.492. The number of rotatable bonds is 8. The van der Waals surface area contributed by atoms with Crippen LogP contribution in [-0.2, 0) is 0 Å². The predicted molar refractivity (Wildman–Crippen MR) is 90.5 cm³/mol. The van der Waals surface area contributed by atoms with Crippen LogP contribution in [0, 0.1) is 0 Å². The first kappa shape index (κ1) is 19.5. The second kappa shape index (κ2) is 13.5. The summed E-state index contributed by atoms with van der Waals surface area (Å²) < 4.78 is 1.63. The molecule has 0 atom stereocenters. The minimum atomic E-state index is -0.879. The first-order valence-electron chi connectivity index (χ1n) is 7.86. The Morgan fingerprint density at radius 1 is 1.00 bits per heavy atom. The smallest absolute Gasteiger partial charge is 0.335 e. The number of benzene rings is 1. The summed E-state index contributed by atoms with van der Waals surface area (Å²) in [7, 11) is 0. The molecule has 114 valence electrons. The van der Waals surface area contributed by atoms with Gasteiger partial charge in [-0.2, -0.15) is 0 Å². The van der Waals surface area contributed by atoms with E-state index in [0.717, 1.165) is 0 Å². The van der Waals surface area contributed by atoms with Crippen LogP contribution in [0.1, 0.15) is 55.8 Å². The second-order valence-corrected chi connectivity index (χ2v) is 15.2. The number of carbonyl (C=O) groups is 1. The van der Waals surface area contributed by atoms with Crippen LogP contribution in [0.3, 0.4) is 0 Å². The maximum Gasteiger partial charge on any atom is 0.335 e. The van der Waals surface area contributed by atoms with Crippen LogP contribution >= 0.6 is 0 Å². The molecule has 0 aromatic heterocycles. The van der Waals surface area contributed by atoms with Crippen molar-refractivity contribution < 1.29 is 9.90 Å². The minimum Gasteiger partial charge on any atom is -0.478 e. The topological polar surface area (TPSA) is 37.3 Å².